The predicted octanol–water partition coefficient (Wildman–Crippen LogP) is 2.95. The van der Waals surface area contributed by atoms with Crippen LogP contribution in [0.5, 0.6) is 0 Å². The quantitative estimate of drug-likeness (QED) is 0.588. The van der Waals surface area contributed by atoms with Gasteiger partial charge in [-0.05, 0) is 19.1 Å². The van der Waals surface area contributed by atoms with Crippen LogP contribution in [-0.4, -0.2) is 24.9 Å². The van der Waals surface area contributed by atoms with Crippen LogP contribution in [0.2, 0.25) is 0 Å². The van der Waals surface area contributed by atoms with Crippen LogP contribution in [0.1, 0.15) is 5.82 Å². The highest BCUT2D eigenvalue weighted by Gasteiger charge is 2.09. The summed E-state index contributed by atoms with van der Waals surface area (Å²) in [6, 6.07) is 9.95. The van der Waals surface area contributed by atoms with E-state index in [-0.39, 0.29) is 0 Å². The van der Waals surface area contributed by atoms with Crippen molar-refractivity contribution in [1.29, 1.82) is 0 Å². The highest BCUT2D eigenvalue weighted by atomic mass is 15.1. The van der Waals surface area contributed by atoms with Crippen molar-refractivity contribution in [2.75, 3.05) is 5.32 Å². The van der Waals surface area contributed by atoms with Crippen molar-refractivity contribution in [3.63, 3.8) is 0 Å². The van der Waals surface area contributed by atoms with Crippen LogP contribution in [0.25, 0.3) is 22.1 Å². The smallest absolute Gasteiger partial charge is 0.183 e. The molecule has 0 atom stereocenters. The summed E-state index contributed by atoms with van der Waals surface area (Å²) >= 11 is 0. The minimum atomic E-state index is 0.651. The van der Waals surface area contributed by atoms with Crippen molar-refractivity contribution in [2.24, 2.45) is 0 Å². The lowest BCUT2D eigenvalue weighted by atomic mass is 10.2. The second-order valence-corrected chi connectivity index (χ2v) is 4.75. The van der Waals surface area contributed by atoms with Gasteiger partial charge < -0.3 is 10.3 Å². The van der Waals surface area contributed by atoms with Crippen molar-refractivity contribution in [3.8, 4) is 0 Å². The maximum absolute atomic E-state index is 4.43. The molecule has 0 aliphatic carbocycles. The summed E-state index contributed by atoms with van der Waals surface area (Å²) in [5.41, 5.74) is 3.25. The molecule has 3 heterocycles. The van der Waals surface area contributed by atoms with E-state index in [1.54, 1.807) is 6.20 Å². The molecule has 4 rings (SSSR count). The number of hydrogen-bond acceptors (Lipinski definition) is 5. The van der Waals surface area contributed by atoms with E-state index < -0.39 is 0 Å². The molecule has 102 valence electrons. The second-order valence-electron chi connectivity index (χ2n) is 4.75. The number of pyridine rings is 1. The van der Waals surface area contributed by atoms with Gasteiger partial charge in [0.05, 0.1) is 11.2 Å². The minimum Gasteiger partial charge on any atom is -0.338 e. The van der Waals surface area contributed by atoms with E-state index in [1.165, 1.54) is 6.33 Å². The fourth-order valence-corrected chi connectivity index (χ4v) is 2.37. The topological polar surface area (TPSA) is 79.4 Å². The molecular formula is C15H12N6. The number of para-hydroxylation sites is 1. The van der Waals surface area contributed by atoms with Gasteiger partial charge >= 0.3 is 0 Å². The number of fused-ring (bicyclic) bond motifs is 2. The van der Waals surface area contributed by atoms with Crippen LogP contribution >= 0.6 is 0 Å². The molecule has 0 spiro atoms. The Morgan fingerprint density at radius 1 is 1.05 bits per heavy atom. The summed E-state index contributed by atoms with van der Waals surface area (Å²) in [6.07, 6.45) is 3.28. The molecule has 21 heavy (non-hydrogen) atoms. The largest absolute Gasteiger partial charge is 0.338 e. The number of benzene rings is 1. The van der Waals surface area contributed by atoms with Crippen LogP contribution in [0.15, 0.2) is 42.9 Å². The van der Waals surface area contributed by atoms with Crippen LogP contribution in [0.3, 0.4) is 0 Å². The van der Waals surface area contributed by atoms with E-state index in [9.17, 15) is 0 Å². The summed E-state index contributed by atoms with van der Waals surface area (Å²) in [5.74, 6) is 1.50. The number of imidazole rings is 1. The van der Waals surface area contributed by atoms with Crippen molar-refractivity contribution < 1.29 is 0 Å². The molecule has 0 fully saturated rings. The molecule has 4 aromatic rings. The molecule has 6 nitrogen and oxygen atoms in total. The predicted molar refractivity (Wildman–Crippen MR) is 81.4 cm³/mol. The van der Waals surface area contributed by atoms with Gasteiger partial charge in [0.1, 0.15) is 17.7 Å². The number of aromatic nitrogens is 5. The lowest BCUT2D eigenvalue weighted by Crippen LogP contribution is -1.97. The normalized spacial score (nSPS) is 11.1. The Morgan fingerprint density at radius 3 is 2.90 bits per heavy atom. The number of nitrogens with zero attached hydrogens (tertiary/aromatic N) is 4. The van der Waals surface area contributed by atoms with E-state index in [2.05, 4.69) is 30.2 Å². The number of H-pyrrole nitrogens is 1. The molecule has 0 amide bonds. The highest BCUT2D eigenvalue weighted by Crippen LogP contribution is 2.26. The Balaban J connectivity index is 1.87. The second kappa shape index (κ2) is 4.52. The Labute approximate surface area is 120 Å². The van der Waals surface area contributed by atoms with Gasteiger partial charge in [-0.1, -0.05) is 18.2 Å². The van der Waals surface area contributed by atoms with E-state index in [1.807, 2.05) is 37.3 Å². The van der Waals surface area contributed by atoms with Crippen molar-refractivity contribution in [1.82, 2.24) is 24.9 Å². The van der Waals surface area contributed by atoms with Gasteiger partial charge in [0.2, 0.25) is 0 Å². The first-order valence-electron chi connectivity index (χ1n) is 6.59. The van der Waals surface area contributed by atoms with Crippen molar-refractivity contribution in [2.45, 2.75) is 6.92 Å². The summed E-state index contributed by atoms with van der Waals surface area (Å²) in [6.45, 7) is 1.89. The Morgan fingerprint density at radius 2 is 1.95 bits per heavy atom. The van der Waals surface area contributed by atoms with Crippen LogP contribution in [0.4, 0.5) is 11.5 Å². The third kappa shape index (κ3) is 1.97. The average Bonchev–Trinajstić information content (AvgIpc) is 2.89. The highest BCUT2D eigenvalue weighted by molar-refractivity contribution is 5.94. The summed E-state index contributed by atoms with van der Waals surface area (Å²) in [4.78, 5) is 20.4. The molecule has 0 aliphatic heterocycles. The molecule has 1 aromatic carbocycles. The van der Waals surface area contributed by atoms with E-state index in [0.717, 1.165) is 27.9 Å². The monoisotopic (exact) mass is 276 g/mol. The molecular weight excluding hydrogens is 264 g/mol. The zero-order chi connectivity index (χ0) is 14.2. The van der Waals surface area contributed by atoms with Crippen molar-refractivity contribution >= 4 is 33.6 Å². The molecule has 0 saturated heterocycles. The maximum atomic E-state index is 4.43. The summed E-state index contributed by atoms with van der Waals surface area (Å²) in [5, 5.41) is 4.40. The van der Waals surface area contributed by atoms with Gasteiger partial charge in [0, 0.05) is 11.6 Å². The summed E-state index contributed by atoms with van der Waals surface area (Å²) in [7, 11) is 0. The van der Waals surface area contributed by atoms with E-state index >= 15 is 0 Å². The van der Waals surface area contributed by atoms with Crippen molar-refractivity contribution in [3.05, 3.63) is 48.7 Å². The SMILES string of the molecule is Cc1nc2ncnc(Nc3cccc4cccnc34)c2[nH]1. The van der Waals surface area contributed by atoms with Crippen LogP contribution in [-0.2, 0) is 0 Å². The fourth-order valence-electron chi connectivity index (χ4n) is 2.37. The molecule has 0 bridgehead atoms. The first-order chi connectivity index (χ1) is 10.3. The molecule has 3 aromatic heterocycles. The maximum Gasteiger partial charge on any atom is 0.183 e. The van der Waals surface area contributed by atoms with Gasteiger partial charge in [-0.25, -0.2) is 15.0 Å². The lowest BCUT2D eigenvalue weighted by molar-refractivity contribution is 1.16. The van der Waals surface area contributed by atoms with Crippen LogP contribution in [0, 0.1) is 6.92 Å². The molecule has 0 saturated carbocycles. The first kappa shape index (κ1) is 11.8. The average molecular weight is 276 g/mol. The third-order valence-corrected chi connectivity index (χ3v) is 3.29. The first-order valence-corrected chi connectivity index (χ1v) is 6.59. The van der Waals surface area contributed by atoms with E-state index in [0.29, 0.717) is 11.5 Å². The van der Waals surface area contributed by atoms with Gasteiger partial charge in [-0.2, -0.15) is 0 Å². The Kier molecular flexibility index (Phi) is 2.53. The Hall–Kier alpha value is -3.02. The zero-order valence-electron chi connectivity index (χ0n) is 11.3. The van der Waals surface area contributed by atoms with Crippen LogP contribution < -0.4 is 5.32 Å². The van der Waals surface area contributed by atoms with Gasteiger partial charge in [-0.3, -0.25) is 4.98 Å². The third-order valence-electron chi connectivity index (χ3n) is 3.29. The molecule has 0 unspecified atom stereocenters. The number of aryl methyl sites for hydroxylation is 1. The lowest BCUT2D eigenvalue weighted by Gasteiger charge is -2.08. The molecule has 2 N–H and O–H groups in total. The van der Waals surface area contributed by atoms with Gasteiger partial charge in [0.25, 0.3) is 0 Å². The summed E-state index contributed by atoms with van der Waals surface area (Å²) < 4.78 is 0. The zero-order valence-corrected chi connectivity index (χ0v) is 11.3. The van der Waals surface area contributed by atoms with Gasteiger partial charge in [-0.15, -0.1) is 0 Å². The number of aromatic amines is 1. The van der Waals surface area contributed by atoms with Gasteiger partial charge in [0.15, 0.2) is 11.5 Å². The standard InChI is InChI=1S/C15H12N6/c1-9-19-13-14(20-9)17-8-18-15(13)21-11-6-2-4-10-5-3-7-16-12(10)11/h2-8H,1H3,(H2,17,18,19,20,21). The molecule has 6 heteroatoms. The number of hydrogen-bond donors (Lipinski definition) is 2. The number of rotatable bonds is 2. The molecule has 0 aliphatic rings. The Bertz CT molecular complexity index is 938. The number of nitrogens with one attached hydrogen (secondary N) is 2. The fraction of sp³-hybridized carbons (Fsp3) is 0.0667. The minimum absolute atomic E-state index is 0.651. The number of anilines is 2. The van der Waals surface area contributed by atoms with E-state index in [4.69, 9.17) is 0 Å². The molecule has 0 radical (unpaired) electrons.